The number of nitrogens with zero attached hydrogens (tertiary/aromatic N) is 2. The second-order valence-electron chi connectivity index (χ2n) is 10.2. The lowest BCUT2D eigenvalue weighted by molar-refractivity contribution is -0.122. The summed E-state index contributed by atoms with van der Waals surface area (Å²) in [5.41, 5.74) is 3.75. The maximum Gasteiger partial charge on any atom is 0.240 e. The normalized spacial score (nSPS) is 23.8. The molecule has 0 N–H and O–H groups in total. The second-order valence-corrected chi connectivity index (χ2v) is 10.6. The first-order chi connectivity index (χ1) is 18.4. The van der Waals surface area contributed by atoms with Crippen LogP contribution in [0.25, 0.3) is 16.3 Å². The van der Waals surface area contributed by atoms with Gasteiger partial charge in [0.1, 0.15) is 6.04 Å². The van der Waals surface area contributed by atoms with E-state index in [0.29, 0.717) is 16.3 Å². The van der Waals surface area contributed by atoms with Gasteiger partial charge in [0.05, 0.1) is 23.6 Å². The molecule has 3 aliphatic heterocycles. The minimum Gasteiger partial charge on any atom is -0.352 e. The smallest absolute Gasteiger partial charge is 0.240 e. The lowest BCUT2D eigenvalue weighted by Crippen LogP contribution is -2.49. The number of Topliss-reactive ketones (excluding diaryl/α,β-unsaturated/α-hetero) is 1. The third-order valence-electron chi connectivity index (χ3n) is 8.13. The van der Waals surface area contributed by atoms with Gasteiger partial charge in [-0.15, -0.1) is 0 Å². The van der Waals surface area contributed by atoms with Gasteiger partial charge < -0.3 is 4.90 Å². The molecular formula is C32H23ClN2O3. The highest BCUT2D eigenvalue weighted by Gasteiger charge is 2.64. The summed E-state index contributed by atoms with van der Waals surface area (Å²) in [4.78, 5) is 45.6. The minimum atomic E-state index is -0.821. The molecule has 0 aromatic heterocycles. The van der Waals surface area contributed by atoms with E-state index in [1.165, 1.54) is 4.90 Å². The van der Waals surface area contributed by atoms with Gasteiger partial charge in [-0.25, -0.2) is 4.90 Å². The summed E-state index contributed by atoms with van der Waals surface area (Å²) >= 11 is 6.32. The number of anilines is 2. The third kappa shape index (κ3) is 3.21. The molecule has 4 aromatic carbocycles. The second kappa shape index (κ2) is 8.40. The fraction of sp³-hybridized carbons (Fsp3) is 0.156. The van der Waals surface area contributed by atoms with Gasteiger partial charge in [0.2, 0.25) is 11.8 Å². The lowest BCUT2D eigenvalue weighted by Gasteiger charge is -2.38. The number of halogens is 1. The van der Waals surface area contributed by atoms with Crippen molar-refractivity contribution in [1.82, 2.24) is 0 Å². The number of amides is 2. The molecule has 4 unspecified atom stereocenters. The topological polar surface area (TPSA) is 57.7 Å². The lowest BCUT2D eigenvalue weighted by atomic mass is 9.85. The molecule has 4 atom stereocenters. The molecule has 3 heterocycles. The van der Waals surface area contributed by atoms with Gasteiger partial charge in [-0.05, 0) is 53.6 Å². The zero-order valence-electron chi connectivity index (χ0n) is 20.5. The van der Waals surface area contributed by atoms with Crippen molar-refractivity contribution < 1.29 is 14.4 Å². The molecule has 0 aliphatic carbocycles. The molecule has 0 saturated carbocycles. The van der Waals surface area contributed by atoms with E-state index in [2.05, 4.69) is 0 Å². The molecule has 0 spiro atoms. The summed E-state index contributed by atoms with van der Waals surface area (Å²) < 4.78 is 0. The summed E-state index contributed by atoms with van der Waals surface area (Å²) in [6, 6.07) is 26.8. The van der Waals surface area contributed by atoms with Crippen LogP contribution in [0.5, 0.6) is 0 Å². The molecule has 38 heavy (non-hydrogen) atoms. The number of ketones is 1. The molecule has 7 rings (SSSR count). The van der Waals surface area contributed by atoms with Gasteiger partial charge in [0.15, 0.2) is 5.78 Å². The van der Waals surface area contributed by atoms with Crippen molar-refractivity contribution in [1.29, 1.82) is 0 Å². The van der Waals surface area contributed by atoms with E-state index in [1.807, 2.05) is 90.7 Å². The molecule has 0 bridgehead atoms. The largest absolute Gasteiger partial charge is 0.352 e. The molecule has 2 amide bonds. The summed E-state index contributed by atoms with van der Waals surface area (Å²) in [5, 5.41) is 2.57. The van der Waals surface area contributed by atoms with E-state index in [9.17, 15) is 14.4 Å². The van der Waals surface area contributed by atoms with Crippen LogP contribution in [0.3, 0.4) is 0 Å². The van der Waals surface area contributed by atoms with Crippen molar-refractivity contribution in [2.24, 2.45) is 11.8 Å². The average Bonchev–Trinajstić information content (AvgIpc) is 3.40. The summed E-state index contributed by atoms with van der Waals surface area (Å²) in [7, 11) is 0. The number of carbonyl (C=O) groups is 3. The Morgan fingerprint density at radius 1 is 0.789 bits per heavy atom. The van der Waals surface area contributed by atoms with Crippen LogP contribution >= 0.6 is 11.6 Å². The Balaban J connectivity index is 1.39. The number of fused-ring (bicyclic) bond motifs is 6. The Morgan fingerprint density at radius 2 is 1.50 bits per heavy atom. The van der Waals surface area contributed by atoms with Crippen LogP contribution in [0.15, 0.2) is 97.1 Å². The molecule has 2 saturated heterocycles. The van der Waals surface area contributed by atoms with Crippen LogP contribution in [0.1, 0.15) is 22.8 Å². The predicted octanol–water partition coefficient (Wildman–Crippen LogP) is 6.16. The number of allylic oxidation sites excluding steroid dienone is 1. The third-order valence-corrected chi connectivity index (χ3v) is 8.36. The highest BCUT2D eigenvalue weighted by atomic mass is 35.5. The fourth-order valence-corrected chi connectivity index (χ4v) is 6.63. The van der Waals surface area contributed by atoms with E-state index < -0.39 is 23.9 Å². The predicted molar refractivity (Wildman–Crippen MR) is 149 cm³/mol. The number of carbonyl (C=O) groups excluding carboxylic acids is 3. The van der Waals surface area contributed by atoms with Gasteiger partial charge in [-0.3, -0.25) is 14.4 Å². The molecular weight excluding hydrogens is 496 g/mol. The average molecular weight is 519 g/mol. The zero-order chi connectivity index (χ0) is 26.1. The highest BCUT2D eigenvalue weighted by molar-refractivity contribution is 6.31. The fourth-order valence-electron chi connectivity index (χ4n) is 6.46. The molecule has 186 valence electrons. The monoisotopic (exact) mass is 518 g/mol. The number of hydrogen-bond acceptors (Lipinski definition) is 4. The minimum absolute atomic E-state index is 0.168. The Labute approximate surface area is 224 Å². The van der Waals surface area contributed by atoms with Crippen LogP contribution in [0.2, 0.25) is 5.02 Å². The quantitative estimate of drug-likeness (QED) is 0.241. The Bertz CT molecular complexity index is 1700. The van der Waals surface area contributed by atoms with E-state index in [0.717, 1.165) is 27.6 Å². The maximum absolute atomic E-state index is 14.2. The first kappa shape index (κ1) is 22.9. The van der Waals surface area contributed by atoms with E-state index in [-0.39, 0.29) is 17.6 Å². The Morgan fingerprint density at radius 3 is 2.29 bits per heavy atom. The zero-order valence-corrected chi connectivity index (χ0v) is 21.3. The van der Waals surface area contributed by atoms with Gasteiger partial charge in [-0.1, -0.05) is 78.3 Å². The summed E-state index contributed by atoms with van der Waals surface area (Å²) in [6.07, 6.45) is 2.02. The first-order valence-electron chi connectivity index (χ1n) is 12.7. The van der Waals surface area contributed by atoms with E-state index in [1.54, 1.807) is 18.2 Å². The van der Waals surface area contributed by atoms with Gasteiger partial charge in [0, 0.05) is 21.8 Å². The number of hydrogen-bond donors (Lipinski definition) is 0. The molecule has 2 fully saturated rings. The van der Waals surface area contributed by atoms with Crippen molar-refractivity contribution in [3.8, 4) is 0 Å². The molecule has 0 radical (unpaired) electrons. The Kier molecular flexibility index (Phi) is 5.07. The van der Waals surface area contributed by atoms with Crippen LogP contribution in [0, 0.1) is 11.8 Å². The van der Waals surface area contributed by atoms with Crippen molar-refractivity contribution in [3.63, 3.8) is 0 Å². The van der Waals surface area contributed by atoms with Crippen molar-refractivity contribution >= 4 is 56.9 Å². The van der Waals surface area contributed by atoms with E-state index >= 15 is 0 Å². The van der Waals surface area contributed by atoms with Crippen LogP contribution < -0.4 is 9.80 Å². The maximum atomic E-state index is 14.2. The van der Waals surface area contributed by atoms with Crippen molar-refractivity contribution in [3.05, 3.63) is 113 Å². The molecule has 4 aromatic rings. The first-order valence-corrected chi connectivity index (χ1v) is 13.0. The van der Waals surface area contributed by atoms with Crippen molar-refractivity contribution in [2.45, 2.75) is 19.0 Å². The number of benzene rings is 4. The van der Waals surface area contributed by atoms with Gasteiger partial charge in [0.25, 0.3) is 0 Å². The number of imide groups is 1. The van der Waals surface area contributed by atoms with Crippen LogP contribution in [-0.2, 0) is 9.59 Å². The highest BCUT2D eigenvalue weighted by Crippen LogP contribution is 2.51. The SMILES string of the molecule is CC1=CC2C3C(=O)N(c4ccc5ccccc5c4)C(=O)C3C(C(=O)c3ccccc3)N2c2ccc(Cl)cc21. The van der Waals surface area contributed by atoms with Crippen LogP contribution in [-0.4, -0.2) is 29.7 Å². The van der Waals surface area contributed by atoms with Gasteiger partial charge >= 0.3 is 0 Å². The van der Waals surface area contributed by atoms with E-state index in [4.69, 9.17) is 11.6 Å². The standard InChI is InChI=1S/C32H23ClN2O3/c1-18-15-26-27-28(32(38)34(31(27)37)23-13-11-19-7-5-6-10-21(19)16-23)29(30(36)20-8-3-2-4-9-20)35(26)25-14-12-22(33)17-24(18)25/h2-17,26-29H,1H3. The summed E-state index contributed by atoms with van der Waals surface area (Å²) in [6.45, 7) is 1.98. The summed E-state index contributed by atoms with van der Waals surface area (Å²) in [5.74, 6) is -2.25. The molecule has 6 heteroatoms. The van der Waals surface area contributed by atoms with Crippen molar-refractivity contribution in [2.75, 3.05) is 9.80 Å². The number of rotatable bonds is 3. The Hall–Kier alpha value is -4.22. The molecule has 3 aliphatic rings. The molecule has 5 nitrogen and oxygen atoms in total. The van der Waals surface area contributed by atoms with Crippen LogP contribution in [0.4, 0.5) is 11.4 Å². The van der Waals surface area contributed by atoms with Gasteiger partial charge in [-0.2, -0.15) is 0 Å².